The lowest BCUT2D eigenvalue weighted by molar-refractivity contribution is -0.123. The van der Waals surface area contributed by atoms with E-state index in [4.69, 9.17) is 4.74 Å². The highest BCUT2D eigenvalue weighted by Gasteiger charge is 2.27. The highest BCUT2D eigenvalue weighted by molar-refractivity contribution is 7.91. The molecule has 1 unspecified atom stereocenters. The van der Waals surface area contributed by atoms with E-state index in [1.807, 2.05) is 0 Å². The fourth-order valence-corrected chi connectivity index (χ4v) is 2.95. The van der Waals surface area contributed by atoms with Crippen molar-refractivity contribution in [3.05, 3.63) is 59.7 Å². The summed E-state index contributed by atoms with van der Waals surface area (Å²) in [4.78, 5) is 35.0. The Hall–Kier alpha value is -3.14. The van der Waals surface area contributed by atoms with Crippen LogP contribution in [0.5, 0.6) is 0 Å². The molecule has 0 bridgehead atoms. The van der Waals surface area contributed by atoms with Crippen molar-refractivity contribution < 1.29 is 36.3 Å². The fraction of sp³-hybridized carbons (Fsp3) is 0.211. The number of alkyl halides is 2. The Bertz CT molecular complexity index is 1030. The van der Waals surface area contributed by atoms with Crippen molar-refractivity contribution in [2.24, 2.45) is 0 Å². The quantitative estimate of drug-likeness (QED) is 0.540. The van der Waals surface area contributed by atoms with Gasteiger partial charge in [-0.25, -0.2) is 13.2 Å². The van der Waals surface area contributed by atoms with Crippen LogP contribution in [0.1, 0.15) is 34.6 Å². The SMILES string of the molecule is CC(=O)c1cccc(NC(=O)C(C)OC(=O)c2ccc(S(=O)(=O)C(F)F)cc2)c1. The first-order chi connectivity index (χ1) is 13.5. The number of nitrogens with one attached hydrogen (secondary N) is 1. The number of carbonyl (C=O) groups is 3. The van der Waals surface area contributed by atoms with E-state index in [0.717, 1.165) is 24.3 Å². The van der Waals surface area contributed by atoms with E-state index >= 15 is 0 Å². The summed E-state index contributed by atoms with van der Waals surface area (Å²) < 4.78 is 52.8. The van der Waals surface area contributed by atoms with Crippen molar-refractivity contribution in [2.75, 3.05) is 5.32 Å². The Morgan fingerprint density at radius 1 is 1.00 bits per heavy atom. The van der Waals surface area contributed by atoms with Crippen LogP contribution in [0.4, 0.5) is 14.5 Å². The van der Waals surface area contributed by atoms with Crippen molar-refractivity contribution in [2.45, 2.75) is 30.6 Å². The maximum atomic E-state index is 12.5. The number of sulfone groups is 1. The molecular weight excluding hydrogens is 408 g/mol. The average Bonchev–Trinajstić information content (AvgIpc) is 2.67. The summed E-state index contributed by atoms with van der Waals surface area (Å²) in [5.74, 6) is -5.36. The van der Waals surface area contributed by atoms with Crippen molar-refractivity contribution in [1.29, 1.82) is 0 Å². The van der Waals surface area contributed by atoms with Gasteiger partial charge in [0.25, 0.3) is 5.91 Å². The lowest BCUT2D eigenvalue weighted by Crippen LogP contribution is -2.30. The predicted octanol–water partition coefficient (Wildman–Crippen LogP) is 3.07. The van der Waals surface area contributed by atoms with Gasteiger partial charge in [0.15, 0.2) is 11.9 Å². The summed E-state index contributed by atoms with van der Waals surface area (Å²) in [7, 11) is -4.77. The molecule has 0 saturated carbocycles. The molecule has 10 heteroatoms. The molecule has 0 aromatic heterocycles. The number of amides is 1. The van der Waals surface area contributed by atoms with Crippen molar-refractivity contribution in [3.8, 4) is 0 Å². The number of ether oxygens (including phenoxy) is 1. The van der Waals surface area contributed by atoms with E-state index in [0.29, 0.717) is 11.3 Å². The number of rotatable bonds is 7. The Morgan fingerprint density at radius 2 is 1.62 bits per heavy atom. The van der Waals surface area contributed by atoms with Gasteiger partial charge in [-0.1, -0.05) is 12.1 Å². The first kappa shape index (κ1) is 22.2. The van der Waals surface area contributed by atoms with Crippen molar-refractivity contribution in [1.82, 2.24) is 0 Å². The second-order valence-corrected chi connectivity index (χ2v) is 7.92. The molecule has 7 nitrogen and oxygen atoms in total. The molecule has 0 aliphatic carbocycles. The number of carbonyl (C=O) groups excluding carboxylic acids is 3. The zero-order valence-corrected chi connectivity index (χ0v) is 16.2. The molecule has 154 valence electrons. The van der Waals surface area contributed by atoms with Crippen LogP contribution in [0, 0.1) is 0 Å². The Kier molecular flexibility index (Phi) is 6.80. The summed E-state index contributed by atoms with van der Waals surface area (Å²) >= 11 is 0. The monoisotopic (exact) mass is 425 g/mol. The minimum atomic E-state index is -4.77. The van der Waals surface area contributed by atoms with Gasteiger partial charge >= 0.3 is 11.7 Å². The van der Waals surface area contributed by atoms with Crippen LogP contribution in [0.2, 0.25) is 0 Å². The summed E-state index contributed by atoms with van der Waals surface area (Å²) in [6.07, 6.45) is -1.21. The van der Waals surface area contributed by atoms with Gasteiger partial charge in [0.05, 0.1) is 10.5 Å². The molecule has 0 fully saturated rings. The van der Waals surface area contributed by atoms with Crippen molar-refractivity contribution in [3.63, 3.8) is 0 Å². The van der Waals surface area contributed by atoms with Gasteiger partial charge in [-0.15, -0.1) is 0 Å². The third-order valence-corrected chi connectivity index (χ3v) is 5.24. The van der Waals surface area contributed by atoms with Gasteiger partial charge in [0.2, 0.25) is 9.84 Å². The zero-order chi connectivity index (χ0) is 21.8. The maximum absolute atomic E-state index is 12.5. The second kappa shape index (κ2) is 8.91. The lowest BCUT2D eigenvalue weighted by Gasteiger charge is -2.14. The van der Waals surface area contributed by atoms with E-state index in [9.17, 15) is 31.6 Å². The first-order valence-corrected chi connectivity index (χ1v) is 9.82. The molecular formula is C19H17F2NO6S. The molecule has 1 amide bonds. The molecule has 0 saturated heterocycles. The van der Waals surface area contributed by atoms with Crippen LogP contribution in [-0.2, 0) is 19.4 Å². The highest BCUT2D eigenvalue weighted by Crippen LogP contribution is 2.19. The van der Waals surface area contributed by atoms with Gasteiger partial charge in [-0.3, -0.25) is 9.59 Å². The molecule has 29 heavy (non-hydrogen) atoms. The van der Waals surface area contributed by atoms with Crippen LogP contribution in [0.3, 0.4) is 0 Å². The molecule has 0 radical (unpaired) electrons. The maximum Gasteiger partial charge on any atom is 0.341 e. The second-order valence-electron chi connectivity index (χ2n) is 6.00. The number of hydrogen-bond acceptors (Lipinski definition) is 6. The summed E-state index contributed by atoms with van der Waals surface area (Å²) in [6.45, 7) is 2.70. The van der Waals surface area contributed by atoms with Crippen LogP contribution >= 0.6 is 0 Å². The van der Waals surface area contributed by atoms with E-state index in [1.54, 1.807) is 18.2 Å². The molecule has 2 rings (SSSR count). The molecule has 0 aliphatic heterocycles. The van der Waals surface area contributed by atoms with Crippen molar-refractivity contribution >= 4 is 33.2 Å². The summed E-state index contributed by atoms with van der Waals surface area (Å²) in [5, 5.41) is 2.50. The molecule has 0 aliphatic rings. The smallest absolute Gasteiger partial charge is 0.341 e. The van der Waals surface area contributed by atoms with Crippen LogP contribution in [0.15, 0.2) is 53.4 Å². The topological polar surface area (TPSA) is 107 Å². The number of ketones is 1. The normalized spacial score (nSPS) is 12.3. The van der Waals surface area contributed by atoms with Gasteiger partial charge in [-0.2, -0.15) is 8.78 Å². The van der Waals surface area contributed by atoms with Crippen LogP contribution in [-0.4, -0.2) is 37.9 Å². The highest BCUT2D eigenvalue weighted by atomic mass is 32.2. The third-order valence-electron chi connectivity index (χ3n) is 3.84. The molecule has 1 N–H and O–H groups in total. The lowest BCUT2D eigenvalue weighted by atomic mass is 10.1. The van der Waals surface area contributed by atoms with E-state index in [1.165, 1.54) is 19.9 Å². The zero-order valence-electron chi connectivity index (χ0n) is 15.4. The number of halogens is 2. The minimum absolute atomic E-state index is 0.114. The largest absolute Gasteiger partial charge is 0.449 e. The number of benzene rings is 2. The fourth-order valence-electron chi connectivity index (χ4n) is 2.23. The molecule has 1 atom stereocenters. The Balaban J connectivity index is 2.04. The average molecular weight is 425 g/mol. The van der Waals surface area contributed by atoms with Crippen LogP contribution in [0.25, 0.3) is 0 Å². The number of anilines is 1. The Morgan fingerprint density at radius 3 is 2.17 bits per heavy atom. The van der Waals surface area contributed by atoms with E-state index in [-0.39, 0.29) is 11.3 Å². The van der Waals surface area contributed by atoms with Gasteiger partial charge in [-0.05, 0) is 50.2 Å². The van der Waals surface area contributed by atoms with Gasteiger partial charge in [0, 0.05) is 11.3 Å². The predicted molar refractivity (Wildman–Crippen MR) is 99.6 cm³/mol. The third kappa shape index (κ3) is 5.44. The molecule has 0 heterocycles. The number of esters is 1. The van der Waals surface area contributed by atoms with Gasteiger partial charge in [0.1, 0.15) is 0 Å². The minimum Gasteiger partial charge on any atom is -0.449 e. The Labute approximate surface area is 165 Å². The molecule has 0 spiro atoms. The number of hydrogen-bond donors (Lipinski definition) is 1. The summed E-state index contributed by atoms with van der Waals surface area (Å²) in [6, 6.07) is 9.93. The number of Topliss-reactive ketones (excluding diaryl/α,β-unsaturated/α-hetero) is 1. The van der Waals surface area contributed by atoms with Crippen LogP contribution < -0.4 is 5.32 Å². The molecule has 2 aromatic rings. The first-order valence-electron chi connectivity index (χ1n) is 8.27. The van der Waals surface area contributed by atoms with E-state index in [2.05, 4.69) is 5.32 Å². The standard InChI is InChI=1S/C19H17F2NO6S/c1-11(23)14-4-3-5-15(10-14)22-17(24)12(2)28-18(25)13-6-8-16(9-7-13)29(26,27)19(20)21/h3-10,12,19H,1-2H3,(H,22,24). The van der Waals surface area contributed by atoms with Gasteiger partial charge < -0.3 is 10.1 Å². The molecule has 2 aromatic carbocycles. The van der Waals surface area contributed by atoms with E-state index < -0.39 is 38.5 Å². The summed E-state index contributed by atoms with van der Waals surface area (Å²) in [5.41, 5.74) is 0.620.